The monoisotopic (exact) mass is 427 g/mol. The van der Waals surface area contributed by atoms with Crippen LogP contribution in [0.3, 0.4) is 0 Å². The van der Waals surface area contributed by atoms with Gasteiger partial charge in [0.15, 0.2) is 0 Å². The zero-order valence-corrected chi connectivity index (χ0v) is 20.4. The molecule has 0 radical (unpaired) electrons. The first-order valence-corrected chi connectivity index (χ1v) is 13.0. The van der Waals surface area contributed by atoms with Crippen molar-refractivity contribution in [2.45, 2.75) is 71.6 Å². The third-order valence-corrected chi connectivity index (χ3v) is 7.96. The molecule has 3 aliphatic rings. The second-order valence-electron chi connectivity index (χ2n) is 10.8. The maximum atomic E-state index is 5.60. The Bertz CT molecular complexity index is 680. The molecule has 1 saturated carbocycles. The SMILES string of the molecule is CCCCCN1CCN(c2ccc(N3CCOCC3)cc2C2CCC(C)(C)CC2)CC1. The first-order chi connectivity index (χ1) is 15.1. The largest absolute Gasteiger partial charge is 0.378 e. The molecule has 4 rings (SSSR count). The van der Waals surface area contributed by atoms with Gasteiger partial charge in [0.25, 0.3) is 0 Å². The zero-order chi connectivity index (χ0) is 21.7. The van der Waals surface area contributed by atoms with Crippen LogP contribution in [0.5, 0.6) is 0 Å². The first kappa shape index (κ1) is 22.9. The number of anilines is 2. The van der Waals surface area contributed by atoms with E-state index in [1.54, 1.807) is 5.56 Å². The number of hydrogen-bond acceptors (Lipinski definition) is 4. The van der Waals surface area contributed by atoms with Crippen molar-refractivity contribution < 1.29 is 4.74 Å². The molecule has 2 aliphatic heterocycles. The Labute approximate surface area is 190 Å². The van der Waals surface area contributed by atoms with Crippen LogP contribution >= 0.6 is 0 Å². The number of unbranched alkanes of at least 4 members (excludes halogenated alkanes) is 2. The minimum atomic E-state index is 0.516. The summed E-state index contributed by atoms with van der Waals surface area (Å²) in [6.45, 7) is 17.0. The van der Waals surface area contributed by atoms with Gasteiger partial charge < -0.3 is 14.5 Å². The average molecular weight is 428 g/mol. The van der Waals surface area contributed by atoms with E-state index in [4.69, 9.17) is 4.74 Å². The van der Waals surface area contributed by atoms with Crippen molar-refractivity contribution in [1.29, 1.82) is 0 Å². The van der Waals surface area contributed by atoms with Gasteiger partial charge in [-0.15, -0.1) is 0 Å². The van der Waals surface area contributed by atoms with Crippen molar-refractivity contribution in [2.75, 3.05) is 68.8 Å². The van der Waals surface area contributed by atoms with Gasteiger partial charge >= 0.3 is 0 Å². The molecule has 1 aromatic rings. The zero-order valence-electron chi connectivity index (χ0n) is 20.4. The number of ether oxygens (including phenoxy) is 1. The van der Waals surface area contributed by atoms with Crippen LogP contribution in [0, 0.1) is 5.41 Å². The van der Waals surface area contributed by atoms with E-state index in [-0.39, 0.29) is 0 Å². The smallest absolute Gasteiger partial charge is 0.0642 e. The van der Waals surface area contributed by atoms with Crippen LogP contribution < -0.4 is 9.80 Å². The quantitative estimate of drug-likeness (QED) is 0.533. The van der Waals surface area contributed by atoms with Crippen molar-refractivity contribution >= 4 is 11.4 Å². The Hall–Kier alpha value is -1.26. The molecular weight excluding hydrogens is 382 g/mol. The predicted molar refractivity (Wildman–Crippen MR) is 133 cm³/mol. The summed E-state index contributed by atoms with van der Waals surface area (Å²) in [6, 6.07) is 7.38. The molecular formula is C27H45N3O. The number of morpholine rings is 1. The van der Waals surface area contributed by atoms with Gasteiger partial charge in [0.2, 0.25) is 0 Å². The third kappa shape index (κ3) is 5.96. The number of piperazine rings is 1. The molecule has 0 atom stereocenters. The maximum Gasteiger partial charge on any atom is 0.0642 e. The van der Waals surface area contributed by atoms with Crippen molar-refractivity contribution in [2.24, 2.45) is 5.41 Å². The van der Waals surface area contributed by atoms with Gasteiger partial charge in [0, 0.05) is 50.6 Å². The van der Waals surface area contributed by atoms with Crippen molar-refractivity contribution in [1.82, 2.24) is 4.90 Å². The lowest BCUT2D eigenvalue weighted by molar-refractivity contribution is 0.122. The van der Waals surface area contributed by atoms with Crippen molar-refractivity contribution in [3.05, 3.63) is 23.8 Å². The molecule has 0 amide bonds. The summed E-state index contributed by atoms with van der Waals surface area (Å²) < 4.78 is 5.60. The Morgan fingerprint density at radius 2 is 1.61 bits per heavy atom. The van der Waals surface area contributed by atoms with Crippen molar-refractivity contribution in [3.63, 3.8) is 0 Å². The number of rotatable bonds is 7. The van der Waals surface area contributed by atoms with Crippen LogP contribution in [-0.2, 0) is 4.74 Å². The normalized spacial score (nSPS) is 23.3. The lowest BCUT2D eigenvalue weighted by atomic mass is 9.71. The molecule has 1 aromatic carbocycles. The van der Waals surface area contributed by atoms with E-state index in [0.717, 1.165) is 26.3 Å². The molecule has 3 fully saturated rings. The highest BCUT2D eigenvalue weighted by atomic mass is 16.5. The van der Waals surface area contributed by atoms with E-state index in [1.165, 1.54) is 89.0 Å². The summed E-state index contributed by atoms with van der Waals surface area (Å²) in [7, 11) is 0. The molecule has 4 heteroatoms. The maximum absolute atomic E-state index is 5.60. The fourth-order valence-corrected chi connectivity index (χ4v) is 5.68. The molecule has 0 spiro atoms. The second-order valence-corrected chi connectivity index (χ2v) is 10.8. The number of nitrogens with zero attached hydrogens (tertiary/aromatic N) is 3. The van der Waals surface area contributed by atoms with Crippen LogP contribution in [0.4, 0.5) is 11.4 Å². The third-order valence-electron chi connectivity index (χ3n) is 7.96. The predicted octanol–water partition coefficient (Wildman–Crippen LogP) is 5.52. The van der Waals surface area contributed by atoms with Crippen LogP contribution in [0.1, 0.15) is 77.2 Å². The molecule has 0 unspecified atom stereocenters. The van der Waals surface area contributed by atoms with Crippen molar-refractivity contribution in [3.8, 4) is 0 Å². The minimum absolute atomic E-state index is 0.516. The molecule has 4 nitrogen and oxygen atoms in total. The molecule has 0 bridgehead atoms. The van der Waals surface area contributed by atoms with E-state index in [2.05, 4.69) is 53.7 Å². The van der Waals surface area contributed by atoms with Gasteiger partial charge in [-0.3, -0.25) is 4.90 Å². The van der Waals surface area contributed by atoms with Gasteiger partial charge in [0.1, 0.15) is 0 Å². The van der Waals surface area contributed by atoms with Gasteiger partial charge in [-0.25, -0.2) is 0 Å². The standard InChI is InChI=1S/C27H45N3O/c1-4-5-6-13-28-14-16-30(17-15-28)26-8-7-24(29-18-20-31-21-19-29)22-25(26)23-9-11-27(2,3)12-10-23/h7-8,22-23H,4-6,9-21H2,1-3H3. The van der Waals surface area contributed by atoms with Gasteiger partial charge in [0.05, 0.1) is 13.2 Å². The minimum Gasteiger partial charge on any atom is -0.378 e. The Morgan fingerprint density at radius 1 is 0.903 bits per heavy atom. The number of hydrogen-bond donors (Lipinski definition) is 0. The van der Waals surface area contributed by atoms with E-state index in [1.807, 2.05) is 0 Å². The molecule has 0 aromatic heterocycles. The Morgan fingerprint density at radius 3 is 2.29 bits per heavy atom. The fraction of sp³-hybridized carbons (Fsp3) is 0.778. The van der Waals surface area contributed by atoms with Gasteiger partial charge in [-0.2, -0.15) is 0 Å². The molecule has 31 heavy (non-hydrogen) atoms. The molecule has 0 N–H and O–H groups in total. The Kier molecular flexibility index (Phi) is 7.81. The highest BCUT2D eigenvalue weighted by Crippen LogP contribution is 2.45. The topological polar surface area (TPSA) is 19.0 Å². The average Bonchev–Trinajstić information content (AvgIpc) is 2.80. The van der Waals surface area contributed by atoms with Crippen LogP contribution in [0.25, 0.3) is 0 Å². The van der Waals surface area contributed by atoms with E-state index in [0.29, 0.717) is 11.3 Å². The van der Waals surface area contributed by atoms with Gasteiger partial charge in [-0.05, 0) is 73.7 Å². The summed E-state index contributed by atoms with van der Waals surface area (Å²) in [4.78, 5) is 7.89. The summed E-state index contributed by atoms with van der Waals surface area (Å²) in [5.41, 5.74) is 5.07. The lowest BCUT2D eigenvalue weighted by Crippen LogP contribution is -2.47. The van der Waals surface area contributed by atoms with E-state index < -0.39 is 0 Å². The van der Waals surface area contributed by atoms with Crippen LogP contribution in [0.15, 0.2) is 18.2 Å². The first-order valence-electron chi connectivity index (χ1n) is 13.0. The summed E-state index contributed by atoms with van der Waals surface area (Å²) in [5, 5.41) is 0. The second kappa shape index (κ2) is 10.6. The molecule has 174 valence electrons. The van der Waals surface area contributed by atoms with Crippen LogP contribution in [0.2, 0.25) is 0 Å². The summed E-state index contributed by atoms with van der Waals surface area (Å²) in [6.07, 6.45) is 9.41. The number of benzene rings is 1. The Balaban J connectivity index is 1.49. The summed E-state index contributed by atoms with van der Waals surface area (Å²) >= 11 is 0. The molecule has 2 saturated heterocycles. The fourth-order valence-electron chi connectivity index (χ4n) is 5.68. The highest BCUT2D eigenvalue weighted by molar-refractivity contribution is 5.63. The van der Waals surface area contributed by atoms with Gasteiger partial charge in [-0.1, -0.05) is 33.6 Å². The lowest BCUT2D eigenvalue weighted by Gasteiger charge is -2.40. The van der Waals surface area contributed by atoms with Crippen LogP contribution in [-0.4, -0.2) is 63.9 Å². The van der Waals surface area contributed by atoms with E-state index in [9.17, 15) is 0 Å². The van der Waals surface area contributed by atoms with E-state index >= 15 is 0 Å². The summed E-state index contributed by atoms with van der Waals surface area (Å²) in [5.74, 6) is 0.714. The highest BCUT2D eigenvalue weighted by Gasteiger charge is 2.30. The molecule has 2 heterocycles. The molecule has 1 aliphatic carbocycles.